The monoisotopic (exact) mass is 393 g/mol. The van der Waals surface area contributed by atoms with Crippen molar-refractivity contribution in [3.05, 3.63) is 59.9 Å². The summed E-state index contributed by atoms with van der Waals surface area (Å²) in [6, 6.07) is 13.8. The van der Waals surface area contributed by atoms with E-state index in [4.69, 9.17) is 17.0 Å². The topological polar surface area (TPSA) is 62.4 Å². The molecule has 2 rings (SSSR count). The van der Waals surface area contributed by atoms with Crippen molar-refractivity contribution in [1.29, 1.82) is 0 Å². The number of nitrogens with one attached hydrogen (secondary N) is 3. The molecule has 1 amide bonds. The number of hydrazine groups is 1. The minimum Gasteiger partial charge on any atom is -0.497 e. The van der Waals surface area contributed by atoms with Crippen LogP contribution in [-0.2, 0) is 11.3 Å². The minimum absolute atomic E-state index is 0.173. The van der Waals surface area contributed by atoms with Crippen LogP contribution in [0, 0.1) is 5.82 Å². The summed E-state index contributed by atoms with van der Waals surface area (Å²) >= 11 is 6.61. The lowest BCUT2D eigenvalue weighted by Gasteiger charge is -2.12. The fourth-order valence-corrected chi connectivity index (χ4v) is 2.93. The first kappa shape index (κ1) is 20.0. The van der Waals surface area contributed by atoms with Crippen LogP contribution in [0.15, 0.2) is 53.4 Å². The SMILES string of the molecule is COc1ccc(CNC(=S)NNC(=O)CCSc2ccc(F)cc2)cc1. The molecule has 0 saturated heterocycles. The van der Waals surface area contributed by atoms with Crippen LogP contribution in [0.4, 0.5) is 4.39 Å². The summed E-state index contributed by atoms with van der Waals surface area (Å²) in [4.78, 5) is 12.7. The van der Waals surface area contributed by atoms with Crippen molar-refractivity contribution in [2.45, 2.75) is 17.9 Å². The Morgan fingerprint density at radius 3 is 2.46 bits per heavy atom. The number of carbonyl (C=O) groups excluding carboxylic acids is 1. The summed E-state index contributed by atoms with van der Waals surface area (Å²) in [6.07, 6.45) is 0.316. The summed E-state index contributed by atoms with van der Waals surface area (Å²) in [5, 5.41) is 3.34. The maximum Gasteiger partial charge on any atom is 0.239 e. The van der Waals surface area contributed by atoms with Crippen molar-refractivity contribution in [2.24, 2.45) is 0 Å². The number of ether oxygens (including phenoxy) is 1. The molecule has 0 bridgehead atoms. The summed E-state index contributed by atoms with van der Waals surface area (Å²) in [7, 11) is 1.62. The number of thioether (sulfide) groups is 1. The van der Waals surface area contributed by atoms with Gasteiger partial charge in [-0.2, -0.15) is 0 Å². The van der Waals surface area contributed by atoms with Gasteiger partial charge in [0, 0.05) is 23.6 Å². The van der Waals surface area contributed by atoms with Crippen molar-refractivity contribution in [2.75, 3.05) is 12.9 Å². The molecule has 2 aromatic rings. The second-order valence-electron chi connectivity index (χ2n) is 5.26. The Balaban J connectivity index is 1.60. The number of thiocarbonyl (C=S) groups is 1. The molecule has 0 spiro atoms. The zero-order valence-electron chi connectivity index (χ0n) is 14.3. The molecule has 138 valence electrons. The highest BCUT2D eigenvalue weighted by atomic mass is 32.2. The molecular weight excluding hydrogens is 373 g/mol. The molecule has 5 nitrogen and oxygen atoms in total. The first-order valence-corrected chi connectivity index (χ1v) is 9.30. The largest absolute Gasteiger partial charge is 0.497 e. The number of halogens is 1. The molecule has 0 fully saturated rings. The zero-order chi connectivity index (χ0) is 18.8. The van der Waals surface area contributed by atoms with E-state index in [-0.39, 0.29) is 11.7 Å². The number of amides is 1. The highest BCUT2D eigenvalue weighted by Crippen LogP contribution is 2.18. The summed E-state index contributed by atoms with van der Waals surface area (Å²) < 4.78 is 17.9. The summed E-state index contributed by atoms with van der Waals surface area (Å²) in [5.41, 5.74) is 6.25. The van der Waals surface area contributed by atoms with Gasteiger partial charge < -0.3 is 10.1 Å². The number of hydrogen-bond donors (Lipinski definition) is 3. The van der Waals surface area contributed by atoms with E-state index in [1.165, 1.54) is 23.9 Å². The van der Waals surface area contributed by atoms with E-state index in [1.807, 2.05) is 24.3 Å². The Morgan fingerprint density at radius 1 is 1.12 bits per heavy atom. The third kappa shape index (κ3) is 7.28. The Hall–Kier alpha value is -2.32. The van der Waals surface area contributed by atoms with Crippen LogP contribution in [0.5, 0.6) is 5.75 Å². The molecule has 2 aromatic carbocycles. The molecule has 0 aromatic heterocycles. The van der Waals surface area contributed by atoms with Crippen molar-refractivity contribution < 1.29 is 13.9 Å². The third-order valence-electron chi connectivity index (χ3n) is 3.34. The van der Waals surface area contributed by atoms with Crippen LogP contribution in [-0.4, -0.2) is 23.9 Å². The van der Waals surface area contributed by atoms with E-state index in [0.29, 0.717) is 23.8 Å². The number of hydrogen-bond acceptors (Lipinski definition) is 4. The molecule has 0 unspecified atom stereocenters. The molecule has 26 heavy (non-hydrogen) atoms. The standard InChI is InChI=1S/C18H20FN3O2S2/c1-24-15-6-2-13(3-7-15)12-20-18(25)22-21-17(23)10-11-26-16-8-4-14(19)5-9-16/h2-9H,10-12H2,1H3,(H,21,23)(H2,20,22,25). The van der Waals surface area contributed by atoms with E-state index in [1.54, 1.807) is 19.2 Å². The molecular formula is C18H20FN3O2S2. The Morgan fingerprint density at radius 2 is 1.81 bits per heavy atom. The van der Waals surface area contributed by atoms with Gasteiger partial charge in [0.1, 0.15) is 11.6 Å². The van der Waals surface area contributed by atoms with Crippen LogP contribution in [0.3, 0.4) is 0 Å². The molecule has 0 atom stereocenters. The van der Waals surface area contributed by atoms with E-state index < -0.39 is 0 Å². The van der Waals surface area contributed by atoms with Crippen molar-refractivity contribution >= 4 is 35.0 Å². The Labute approximate surface area is 161 Å². The lowest BCUT2D eigenvalue weighted by molar-refractivity contribution is -0.121. The van der Waals surface area contributed by atoms with Crippen molar-refractivity contribution in [3.8, 4) is 5.75 Å². The van der Waals surface area contributed by atoms with Gasteiger partial charge in [-0.05, 0) is 54.2 Å². The molecule has 0 saturated carbocycles. The van der Waals surface area contributed by atoms with Gasteiger partial charge in [-0.15, -0.1) is 11.8 Å². The first-order chi connectivity index (χ1) is 12.6. The van der Waals surface area contributed by atoms with Crippen molar-refractivity contribution in [1.82, 2.24) is 16.2 Å². The first-order valence-electron chi connectivity index (χ1n) is 7.91. The normalized spacial score (nSPS) is 10.1. The second kappa shape index (κ2) is 10.6. The number of benzene rings is 2. The van der Waals surface area contributed by atoms with Gasteiger partial charge in [-0.3, -0.25) is 15.6 Å². The van der Waals surface area contributed by atoms with Crippen LogP contribution in [0.25, 0.3) is 0 Å². The molecule has 8 heteroatoms. The third-order valence-corrected chi connectivity index (χ3v) is 4.60. The van der Waals surface area contributed by atoms with Gasteiger partial charge in [-0.1, -0.05) is 12.1 Å². The lowest BCUT2D eigenvalue weighted by Crippen LogP contribution is -2.46. The molecule has 0 radical (unpaired) electrons. The van der Waals surface area contributed by atoms with Gasteiger partial charge in [0.2, 0.25) is 5.91 Å². The molecule has 0 heterocycles. The van der Waals surface area contributed by atoms with Gasteiger partial charge in [-0.25, -0.2) is 4.39 Å². The minimum atomic E-state index is -0.271. The second-order valence-corrected chi connectivity index (χ2v) is 6.83. The maximum absolute atomic E-state index is 12.8. The van der Waals surface area contributed by atoms with Crippen LogP contribution in [0.2, 0.25) is 0 Å². The molecule has 0 aliphatic rings. The van der Waals surface area contributed by atoms with Gasteiger partial charge in [0.15, 0.2) is 5.11 Å². The van der Waals surface area contributed by atoms with Gasteiger partial charge in [0.05, 0.1) is 7.11 Å². The van der Waals surface area contributed by atoms with Gasteiger partial charge in [0.25, 0.3) is 0 Å². The van der Waals surface area contributed by atoms with E-state index in [9.17, 15) is 9.18 Å². The highest BCUT2D eigenvalue weighted by Gasteiger charge is 2.03. The fraction of sp³-hybridized carbons (Fsp3) is 0.222. The maximum atomic E-state index is 12.8. The van der Waals surface area contributed by atoms with Crippen LogP contribution >= 0.6 is 24.0 Å². The number of rotatable bonds is 7. The molecule has 0 aliphatic heterocycles. The predicted octanol–water partition coefficient (Wildman–Crippen LogP) is 3.01. The average molecular weight is 394 g/mol. The van der Waals surface area contributed by atoms with E-state index in [2.05, 4.69) is 16.2 Å². The Bertz CT molecular complexity index is 724. The number of methoxy groups -OCH3 is 1. The quantitative estimate of drug-likeness (QED) is 0.382. The smallest absolute Gasteiger partial charge is 0.239 e. The van der Waals surface area contributed by atoms with Crippen LogP contribution < -0.4 is 20.9 Å². The van der Waals surface area contributed by atoms with Crippen molar-refractivity contribution in [3.63, 3.8) is 0 Å². The summed E-state index contributed by atoms with van der Waals surface area (Å²) in [6.45, 7) is 0.534. The van der Waals surface area contributed by atoms with E-state index >= 15 is 0 Å². The average Bonchev–Trinajstić information content (AvgIpc) is 2.66. The number of carbonyl (C=O) groups is 1. The van der Waals surface area contributed by atoms with Crippen LogP contribution in [0.1, 0.15) is 12.0 Å². The lowest BCUT2D eigenvalue weighted by atomic mass is 10.2. The molecule has 3 N–H and O–H groups in total. The van der Waals surface area contributed by atoms with E-state index in [0.717, 1.165) is 16.2 Å². The highest BCUT2D eigenvalue weighted by molar-refractivity contribution is 7.99. The predicted molar refractivity (Wildman–Crippen MR) is 105 cm³/mol. The fourth-order valence-electron chi connectivity index (χ4n) is 1.95. The van der Waals surface area contributed by atoms with Gasteiger partial charge >= 0.3 is 0 Å². The Kier molecular flexibility index (Phi) is 8.17. The summed E-state index contributed by atoms with van der Waals surface area (Å²) in [5.74, 6) is 0.936. The zero-order valence-corrected chi connectivity index (χ0v) is 15.9. The molecule has 0 aliphatic carbocycles.